The number of para-hydroxylation sites is 1. The van der Waals surface area contributed by atoms with Crippen LogP contribution in [0.15, 0.2) is 54.6 Å². The van der Waals surface area contributed by atoms with Crippen molar-refractivity contribution in [1.82, 2.24) is 0 Å². The maximum Gasteiger partial charge on any atom is 0.421 e. The number of ether oxygens (including phenoxy) is 1. The lowest BCUT2D eigenvalue weighted by Gasteiger charge is -2.27. The molecule has 0 unspecified atom stereocenters. The second-order valence-corrected chi connectivity index (χ2v) is 7.54. The van der Waals surface area contributed by atoms with Gasteiger partial charge in [-0.15, -0.1) is 0 Å². The number of carbonyl (C=O) groups excluding carboxylic acids is 2. The first-order chi connectivity index (χ1) is 12.3. The molecule has 1 N–H and O–H groups in total. The Morgan fingerprint density at radius 3 is 2.31 bits per heavy atom. The third-order valence-corrected chi connectivity index (χ3v) is 4.47. The molecule has 136 valence electrons. The van der Waals surface area contributed by atoms with Crippen LogP contribution in [0.5, 0.6) is 0 Å². The van der Waals surface area contributed by atoms with Gasteiger partial charge in [-0.3, -0.25) is 4.79 Å². The Kier molecular flexibility index (Phi) is 4.59. The summed E-state index contributed by atoms with van der Waals surface area (Å²) in [6.07, 6.45) is -0.419. The number of aliphatic hydroxyl groups excluding tert-OH is 1. The Labute approximate surface area is 153 Å². The highest BCUT2D eigenvalue weighted by Gasteiger charge is 2.53. The lowest BCUT2D eigenvalue weighted by molar-refractivity contribution is -0.124. The first-order valence-electron chi connectivity index (χ1n) is 8.60. The summed E-state index contributed by atoms with van der Waals surface area (Å²) in [7, 11) is 0. The first kappa shape index (κ1) is 18.1. The molecule has 0 bridgehead atoms. The van der Waals surface area contributed by atoms with Gasteiger partial charge in [0.2, 0.25) is 5.91 Å². The maximum absolute atomic E-state index is 13.3. The van der Waals surface area contributed by atoms with Crippen molar-refractivity contribution in [2.45, 2.75) is 38.2 Å². The van der Waals surface area contributed by atoms with Crippen LogP contribution in [0.3, 0.4) is 0 Å². The fourth-order valence-corrected chi connectivity index (χ4v) is 3.32. The molecule has 1 heterocycles. The molecule has 0 spiro atoms. The Bertz CT molecular complexity index is 825. The van der Waals surface area contributed by atoms with Gasteiger partial charge in [0.1, 0.15) is 11.0 Å². The standard InChI is InChI=1S/C21H23NO4/c1-20(2,3)26-19(25)22-17-12-8-7-11-16(17)21(14-23,18(22)24)13-15-9-5-4-6-10-15/h4-12,23H,13-14H2,1-3H3/t21-/m1/s1. The van der Waals surface area contributed by atoms with E-state index in [0.29, 0.717) is 17.7 Å². The smallest absolute Gasteiger partial charge is 0.421 e. The van der Waals surface area contributed by atoms with Gasteiger partial charge in [-0.1, -0.05) is 48.5 Å². The van der Waals surface area contributed by atoms with Crippen LogP contribution >= 0.6 is 0 Å². The van der Waals surface area contributed by atoms with E-state index in [9.17, 15) is 14.7 Å². The zero-order valence-electron chi connectivity index (χ0n) is 15.2. The summed E-state index contributed by atoms with van der Waals surface area (Å²) in [6.45, 7) is 4.86. The van der Waals surface area contributed by atoms with Gasteiger partial charge < -0.3 is 9.84 Å². The third-order valence-electron chi connectivity index (χ3n) is 4.47. The van der Waals surface area contributed by atoms with Crippen LogP contribution < -0.4 is 4.90 Å². The summed E-state index contributed by atoms with van der Waals surface area (Å²) < 4.78 is 5.42. The van der Waals surface area contributed by atoms with Crippen LogP contribution in [0.4, 0.5) is 10.5 Å². The molecular weight excluding hydrogens is 330 g/mol. The molecule has 5 heteroatoms. The van der Waals surface area contributed by atoms with Crippen molar-refractivity contribution in [3.05, 3.63) is 65.7 Å². The van der Waals surface area contributed by atoms with E-state index in [1.54, 1.807) is 45.0 Å². The Morgan fingerprint density at radius 1 is 1.08 bits per heavy atom. The molecule has 5 nitrogen and oxygen atoms in total. The molecule has 2 amide bonds. The lowest BCUT2D eigenvalue weighted by Crippen LogP contribution is -2.48. The topological polar surface area (TPSA) is 66.8 Å². The van der Waals surface area contributed by atoms with Gasteiger partial charge in [0, 0.05) is 0 Å². The van der Waals surface area contributed by atoms with Crippen molar-refractivity contribution in [2.24, 2.45) is 0 Å². The third kappa shape index (κ3) is 3.10. The van der Waals surface area contributed by atoms with E-state index < -0.39 is 29.6 Å². The van der Waals surface area contributed by atoms with Crippen molar-refractivity contribution >= 4 is 17.7 Å². The Hall–Kier alpha value is -2.66. The van der Waals surface area contributed by atoms with Gasteiger partial charge in [-0.2, -0.15) is 0 Å². The fraction of sp³-hybridized carbons (Fsp3) is 0.333. The van der Waals surface area contributed by atoms with Gasteiger partial charge in [0.15, 0.2) is 0 Å². The second-order valence-electron chi connectivity index (χ2n) is 7.54. The quantitative estimate of drug-likeness (QED) is 0.918. The molecule has 2 aromatic carbocycles. The van der Waals surface area contributed by atoms with Crippen LogP contribution in [0.2, 0.25) is 0 Å². The van der Waals surface area contributed by atoms with E-state index in [4.69, 9.17) is 4.74 Å². The predicted molar refractivity (Wildman–Crippen MR) is 99.1 cm³/mol. The molecule has 3 rings (SSSR count). The summed E-state index contributed by atoms with van der Waals surface area (Å²) in [6, 6.07) is 16.5. The molecule has 1 aliphatic rings. The molecule has 0 saturated carbocycles. The van der Waals surface area contributed by atoms with Crippen molar-refractivity contribution < 1.29 is 19.4 Å². The summed E-state index contributed by atoms with van der Waals surface area (Å²) >= 11 is 0. The van der Waals surface area contributed by atoms with Crippen molar-refractivity contribution in [3.63, 3.8) is 0 Å². The van der Waals surface area contributed by atoms with Crippen LogP contribution in [0.1, 0.15) is 31.9 Å². The molecule has 26 heavy (non-hydrogen) atoms. The zero-order valence-corrected chi connectivity index (χ0v) is 15.2. The fourth-order valence-electron chi connectivity index (χ4n) is 3.32. The van der Waals surface area contributed by atoms with E-state index >= 15 is 0 Å². The van der Waals surface area contributed by atoms with Crippen LogP contribution in [0.25, 0.3) is 0 Å². The number of benzene rings is 2. The molecule has 0 radical (unpaired) electrons. The van der Waals surface area contributed by atoms with E-state index in [0.717, 1.165) is 10.5 Å². The maximum atomic E-state index is 13.3. The normalized spacial score (nSPS) is 19.4. The van der Waals surface area contributed by atoms with Crippen LogP contribution in [-0.4, -0.2) is 29.3 Å². The minimum absolute atomic E-state index is 0.305. The van der Waals surface area contributed by atoms with Crippen molar-refractivity contribution in [3.8, 4) is 0 Å². The molecule has 0 fully saturated rings. The molecule has 0 aliphatic carbocycles. The SMILES string of the molecule is CC(C)(C)OC(=O)N1C(=O)[C@@](CO)(Cc2ccccc2)c2ccccc21. The average Bonchev–Trinajstić information content (AvgIpc) is 2.83. The van der Waals surface area contributed by atoms with Gasteiger partial charge in [0.05, 0.1) is 12.3 Å². The number of aliphatic hydroxyl groups is 1. The van der Waals surface area contributed by atoms with Crippen LogP contribution in [-0.2, 0) is 21.4 Å². The number of hydrogen-bond acceptors (Lipinski definition) is 4. The zero-order chi connectivity index (χ0) is 18.9. The Balaban J connectivity index is 2.07. The van der Waals surface area contributed by atoms with Gasteiger partial charge >= 0.3 is 6.09 Å². The van der Waals surface area contributed by atoms with Gasteiger partial charge in [-0.05, 0) is 44.4 Å². The first-order valence-corrected chi connectivity index (χ1v) is 8.60. The average molecular weight is 353 g/mol. The minimum atomic E-state index is -1.20. The number of rotatable bonds is 3. The number of carbonyl (C=O) groups is 2. The van der Waals surface area contributed by atoms with E-state index in [1.165, 1.54) is 0 Å². The number of fused-ring (bicyclic) bond motifs is 1. The largest absolute Gasteiger partial charge is 0.443 e. The van der Waals surface area contributed by atoms with E-state index in [2.05, 4.69) is 0 Å². The second kappa shape index (κ2) is 6.57. The van der Waals surface area contributed by atoms with Gasteiger partial charge in [-0.25, -0.2) is 9.69 Å². The summed E-state index contributed by atoms with van der Waals surface area (Å²) in [4.78, 5) is 27.1. The van der Waals surface area contributed by atoms with Crippen molar-refractivity contribution in [2.75, 3.05) is 11.5 Å². The molecular formula is C21H23NO4. The monoisotopic (exact) mass is 353 g/mol. The minimum Gasteiger partial charge on any atom is -0.443 e. The molecule has 2 aromatic rings. The molecule has 1 aliphatic heterocycles. The van der Waals surface area contributed by atoms with E-state index in [-0.39, 0.29) is 0 Å². The molecule has 0 aromatic heterocycles. The Morgan fingerprint density at radius 2 is 1.69 bits per heavy atom. The molecule has 0 saturated heterocycles. The van der Waals surface area contributed by atoms with Crippen LogP contribution in [0, 0.1) is 0 Å². The highest BCUT2D eigenvalue weighted by atomic mass is 16.6. The predicted octanol–water partition coefficient (Wildman–Crippen LogP) is 3.44. The number of amides is 2. The number of anilines is 1. The summed E-state index contributed by atoms with van der Waals surface area (Å²) in [5, 5.41) is 10.2. The van der Waals surface area contributed by atoms with Gasteiger partial charge in [0.25, 0.3) is 0 Å². The lowest BCUT2D eigenvalue weighted by atomic mass is 9.77. The molecule has 1 atom stereocenters. The number of hydrogen-bond donors (Lipinski definition) is 1. The van der Waals surface area contributed by atoms with Crippen molar-refractivity contribution in [1.29, 1.82) is 0 Å². The highest BCUT2D eigenvalue weighted by molar-refractivity contribution is 6.21. The summed E-state index contributed by atoms with van der Waals surface area (Å²) in [5.74, 6) is -0.459. The number of imide groups is 1. The number of nitrogens with zero attached hydrogens (tertiary/aromatic N) is 1. The van der Waals surface area contributed by atoms with E-state index in [1.807, 2.05) is 30.3 Å². The highest BCUT2D eigenvalue weighted by Crippen LogP contribution is 2.44. The summed E-state index contributed by atoms with van der Waals surface area (Å²) in [5.41, 5.74) is 0.0973.